The third kappa shape index (κ3) is 2.47. The lowest BCUT2D eigenvalue weighted by Crippen LogP contribution is -2.04. The molecule has 0 aliphatic rings. The molecule has 0 atom stereocenters. The smallest absolute Gasteiger partial charge is 0.336 e. The van der Waals surface area contributed by atoms with Gasteiger partial charge in [-0.05, 0) is 23.6 Å². The molecule has 0 unspecified atom stereocenters. The first kappa shape index (κ1) is 12.8. The number of benzene rings is 1. The second kappa shape index (κ2) is 5.19. The van der Waals surface area contributed by atoms with Crippen LogP contribution < -0.4 is 0 Å². The van der Waals surface area contributed by atoms with Gasteiger partial charge >= 0.3 is 5.97 Å². The average Bonchev–Trinajstić information content (AvgIpc) is 2.21. The SMILES string of the molecule is CCc1cc(C(=O)O)c(CBr)c(Cl)c1Cl. The van der Waals surface area contributed by atoms with Gasteiger partial charge in [-0.15, -0.1) is 0 Å². The summed E-state index contributed by atoms with van der Waals surface area (Å²) >= 11 is 15.2. The van der Waals surface area contributed by atoms with Crippen LogP contribution in [0.5, 0.6) is 0 Å². The Morgan fingerprint density at radius 1 is 1.47 bits per heavy atom. The van der Waals surface area contributed by atoms with Crippen LogP contribution in [-0.2, 0) is 11.8 Å². The third-order valence-corrected chi connectivity index (χ3v) is 3.63. The number of aryl methyl sites for hydroxylation is 1. The largest absolute Gasteiger partial charge is 0.478 e. The number of rotatable bonds is 3. The Kier molecular flexibility index (Phi) is 4.44. The van der Waals surface area contributed by atoms with Crippen molar-refractivity contribution in [3.05, 3.63) is 32.8 Å². The summed E-state index contributed by atoms with van der Waals surface area (Å²) in [6, 6.07) is 1.58. The summed E-state index contributed by atoms with van der Waals surface area (Å²) in [7, 11) is 0. The van der Waals surface area contributed by atoms with Crippen LogP contribution in [0.15, 0.2) is 6.07 Å². The van der Waals surface area contributed by atoms with E-state index in [4.69, 9.17) is 28.3 Å². The number of carboxylic acid groups (broad SMARTS) is 1. The predicted molar refractivity (Wildman–Crippen MR) is 65.4 cm³/mol. The fourth-order valence-corrected chi connectivity index (χ4v) is 2.63. The van der Waals surface area contributed by atoms with Crippen molar-refractivity contribution in [3.63, 3.8) is 0 Å². The molecule has 0 spiro atoms. The van der Waals surface area contributed by atoms with Gasteiger partial charge in [0.2, 0.25) is 0 Å². The Balaban J connectivity index is 3.51. The van der Waals surface area contributed by atoms with Gasteiger partial charge in [0.25, 0.3) is 0 Å². The molecule has 5 heteroatoms. The number of hydrogen-bond donors (Lipinski definition) is 1. The van der Waals surface area contributed by atoms with Crippen molar-refractivity contribution in [2.75, 3.05) is 0 Å². The maximum Gasteiger partial charge on any atom is 0.336 e. The lowest BCUT2D eigenvalue weighted by Gasteiger charge is -2.11. The zero-order valence-corrected chi connectivity index (χ0v) is 11.1. The molecule has 1 N–H and O–H groups in total. The minimum Gasteiger partial charge on any atom is -0.478 e. The Labute approximate surface area is 106 Å². The van der Waals surface area contributed by atoms with Crippen LogP contribution in [0, 0.1) is 0 Å². The Morgan fingerprint density at radius 2 is 2.07 bits per heavy atom. The van der Waals surface area contributed by atoms with Gasteiger partial charge in [-0.3, -0.25) is 0 Å². The van der Waals surface area contributed by atoms with E-state index >= 15 is 0 Å². The minimum absolute atomic E-state index is 0.207. The molecule has 0 bridgehead atoms. The molecule has 15 heavy (non-hydrogen) atoms. The third-order valence-electron chi connectivity index (χ3n) is 2.13. The summed E-state index contributed by atoms with van der Waals surface area (Å²) < 4.78 is 0. The summed E-state index contributed by atoms with van der Waals surface area (Å²) in [6.45, 7) is 1.90. The van der Waals surface area contributed by atoms with Crippen molar-refractivity contribution in [2.45, 2.75) is 18.7 Å². The highest BCUT2D eigenvalue weighted by Gasteiger charge is 2.17. The van der Waals surface area contributed by atoms with Crippen molar-refractivity contribution in [2.24, 2.45) is 0 Å². The van der Waals surface area contributed by atoms with Crippen LogP contribution in [0.25, 0.3) is 0 Å². The van der Waals surface area contributed by atoms with Crippen molar-refractivity contribution >= 4 is 45.1 Å². The van der Waals surface area contributed by atoms with Crippen LogP contribution in [-0.4, -0.2) is 11.1 Å². The molecule has 0 heterocycles. The number of aromatic carboxylic acids is 1. The molecule has 0 fully saturated rings. The lowest BCUT2D eigenvalue weighted by molar-refractivity contribution is 0.0696. The highest BCUT2D eigenvalue weighted by molar-refractivity contribution is 9.08. The lowest BCUT2D eigenvalue weighted by atomic mass is 10.0. The minimum atomic E-state index is -0.988. The number of carbonyl (C=O) groups is 1. The first-order chi connectivity index (χ1) is 7.02. The highest BCUT2D eigenvalue weighted by atomic mass is 79.9. The van der Waals surface area contributed by atoms with E-state index in [0.29, 0.717) is 27.4 Å². The van der Waals surface area contributed by atoms with E-state index in [0.717, 1.165) is 5.56 Å². The number of alkyl halides is 1. The maximum absolute atomic E-state index is 11.0. The Hall–Kier alpha value is -0.250. The quantitative estimate of drug-likeness (QED) is 0.851. The fourth-order valence-electron chi connectivity index (χ4n) is 1.30. The molecule has 1 aromatic carbocycles. The van der Waals surface area contributed by atoms with E-state index in [1.807, 2.05) is 6.92 Å². The first-order valence-electron chi connectivity index (χ1n) is 4.31. The van der Waals surface area contributed by atoms with Crippen molar-refractivity contribution in [1.82, 2.24) is 0 Å². The molecule has 1 aromatic rings. The Morgan fingerprint density at radius 3 is 2.47 bits per heavy atom. The normalized spacial score (nSPS) is 10.4. The van der Waals surface area contributed by atoms with Gasteiger partial charge in [-0.25, -0.2) is 4.79 Å². The van der Waals surface area contributed by atoms with Crippen LogP contribution in [0.4, 0.5) is 0 Å². The van der Waals surface area contributed by atoms with Crippen LogP contribution in [0.3, 0.4) is 0 Å². The van der Waals surface area contributed by atoms with E-state index in [1.165, 1.54) is 0 Å². The summed E-state index contributed by atoms with van der Waals surface area (Å²) in [5.74, 6) is -0.988. The number of halogens is 3. The van der Waals surface area contributed by atoms with Crippen LogP contribution in [0.1, 0.15) is 28.4 Å². The van der Waals surface area contributed by atoms with E-state index < -0.39 is 5.97 Å². The second-order valence-electron chi connectivity index (χ2n) is 2.98. The van der Waals surface area contributed by atoms with Gasteiger partial charge < -0.3 is 5.11 Å². The first-order valence-corrected chi connectivity index (χ1v) is 6.19. The fraction of sp³-hybridized carbons (Fsp3) is 0.300. The molecule has 2 nitrogen and oxygen atoms in total. The zero-order valence-electron chi connectivity index (χ0n) is 7.98. The van der Waals surface area contributed by atoms with Crippen molar-refractivity contribution < 1.29 is 9.90 Å². The second-order valence-corrected chi connectivity index (χ2v) is 4.30. The van der Waals surface area contributed by atoms with E-state index in [9.17, 15) is 4.79 Å². The molecule has 0 saturated carbocycles. The molecular formula is C10H9BrCl2O2. The van der Waals surface area contributed by atoms with Crippen LogP contribution >= 0.6 is 39.1 Å². The molecule has 0 aliphatic heterocycles. The molecule has 0 aromatic heterocycles. The summed E-state index contributed by atoms with van der Waals surface area (Å²) in [4.78, 5) is 11.0. The van der Waals surface area contributed by atoms with Crippen molar-refractivity contribution in [3.8, 4) is 0 Å². The standard InChI is InChI=1S/C10H9BrCl2O2/c1-2-5-3-6(10(14)15)7(4-11)9(13)8(5)12/h3H,2,4H2,1H3,(H,14,15). The molecule has 0 radical (unpaired) electrons. The maximum atomic E-state index is 11.0. The zero-order chi connectivity index (χ0) is 11.6. The van der Waals surface area contributed by atoms with Gasteiger partial charge in [0, 0.05) is 5.33 Å². The molecule has 0 amide bonds. The van der Waals surface area contributed by atoms with Crippen LogP contribution in [0.2, 0.25) is 10.0 Å². The monoisotopic (exact) mass is 310 g/mol. The van der Waals surface area contributed by atoms with E-state index in [1.54, 1.807) is 6.07 Å². The molecule has 0 saturated heterocycles. The summed E-state index contributed by atoms with van der Waals surface area (Å²) in [6.07, 6.45) is 0.654. The van der Waals surface area contributed by atoms with Gasteiger partial charge in [0.15, 0.2) is 0 Å². The van der Waals surface area contributed by atoms with E-state index in [-0.39, 0.29) is 5.56 Å². The van der Waals surface area contributed by atoms with E-state index in [2.05, 4.69) is 15.9 Å². The molecule has 1 rings (SSSR count). The van der Waals surface area contributed by atoms with Gasteiger partial charge in [-0.1, -0.05) is 46.1 Å². The Bertz CT molecular complexity index is 405. The number of carboxylic acids is 1. The topological polar surface area (TPSA) is 37.3 Å². The molecule has 0 aliphatic carbocycles. The van der Waals surface area contributed by atoms with Gasteiger partial charge in [0.05, 0.1) is 15.6 Å². The number of hydrogen-bond acceptors (Lipinski definition) is 1. The van der Waals surface area contributed by atoms with Gasteiger partial charge in [0.1, 0.15) is 0 Å². The highest BCUT2D eigenvalue weighted by Crippen LogP contribution is 2.33. The molecular weight excluding hydrogens is 303 g/mol. The predicted octanol–water partition coefficient (Wildman–Crippen LogP) is 4.15. The van der Waals surface area contributed by atoms with Gasteiger partial charge in [-0.2, -0.15) is 0 Å². The molecule has 82 valence electrons. The summed E-state index contributed by atoms with van der Waals surface area (Å²) in [5.41, 5.74) is 1.48. The summed E-state index contributed by atoms with van der Waals surface area (Å²) in [5, 5.41) is 10.1. The van der Waals surface area contributed by atoms with Crippen molar-refractivity contribution in [1.29, 1.82) is 0 Å². The average molecular weight is 312 g/mol.